The van der Waals surface area contributed by atoms with Crippen LogP contribution in [0.25, 0.3) is 0 Å². The minimum absolute atomic E-state index is 0.00691. The average Bonchev–Trinajstić information content (AvgIpc) is 2.96. The topological polar surface area (TPSA) is 76.9 Å². The lowest BCUT2D eigenvalue weighted by Gasteiger charge is -2.08. The smallest absolute Gasteiger partial charge is 0.263 e. The van der Waals surface area contributed by atoms with Crippen molar-refractivity contribution >= 4 is 22.4 Å². The molecule has 0 unspecified atom stereocenters. The van der Waals surface area contributed by atoms with Crippen molar-refractivity contribution < 1.29 is 9.18 Å². The number of carbonyl (C=O) groups excluding carboxylic acids is 1. The van der Waals surface area contributed by atoms with Gasteiger partial charge < -0.3 is 4.57 Å². The third-order valence-corrected chi connectivity index (χ3v) is 4.03. The number of hydrogen-bond acceptors (Lipinski definition) is 5. The molecule has 24 heavy (non-hydrogen) atoms. The Morgan fingerprint density at radius 3 is 2.67 bits per heavy atom. The highest BCUT2D eigenvalue weighted by Crippen LogP contribution is 2.14. The zero-order chi connectivity index (χ0) is 17.1. The summed E-state index contributed by atoms with van der Waals surface area (Å²) >= 11 is 1.23. The third kappa shape index (κ3) is 3.54. The van der Waals surface area contributed by atoms with Crippen molar-refractivity contribution in [2.24, 2.45) is 0 Å². The van der Waals surface area contributed by atoms with Crippen LogP contribution >= 0.6 is 11.3 Å². The van der Waals surface area contributed by atoms with Crippen molar-refractivity contribution in [2.75, 3.05) is 5.32 Å². The van der Waals surface area contributed by atoms with E-state index < -0.39 is 11.5 Å². The molecule has 3 aromatic rings. The number of carbonyl (C=O) groups is 1. The van der Waals surface area contributed by atoms with E-state index in [1.165, 1.54) is 34.1 Å². The summed E-state index contributed by atoms with van der Waals surface area (Å²) in [7, 11) is 0. The monoisotopic (exact) mass is 344 g/mol. The molecule has 8 heteroatoms. The van der Waals surface area contributed by atoms with E-state index in [2.05, 4.69) is 15.5 Å². The molecule has 0 radical (unpaired) electrons. The first-order chi connectivity index (χ1) is 11.5. The molecule has 0 aliphatic heterocycles. The highest BCUT2D eigenvalue weighted by Gasteiger charge is 2.14. The predicted octanol–water partition coefficient (Wildman–Crippen LogP) is 2.45. The quantitative estimate of drug-likeness (QED) is 0.789. The molecule has 3 rings (SSSR count). The summed E-state index contributed by atoms with van der Waals surface area (Å²) < 4.78 is 14.3. The van der Waals surface area contributed by atoms with Crippen molar-refractivity contribution in [2.45, 2.75) is 13.5 Å². The van der Waals surface area contributed by atoms with Crippen LogP contribution in [-0.2, 0) is 6.54 Å². The van der Waals surface area contributed by atoms with Crippen molar-refractivity contribution in [3.8, 4) is 0 Å². The minimum atomic E-state index is -0.537. The molecule has 0 bridgehead atoms. The van der Waals surface area contributed by atoms with Gasteiger partial charge >= 0.3 is 0 Å². The Morgan fingerprint density at radius 1 is 1.25 bits per heavy atom. The van der Waals surface area contributed by atoms with Gasteiger partial charge in [-0.3, -0.25) is 14.9 Å². The van der Waals surface area contributed by atoms with Crippen molar-refractivity contribution in [3.63, 3.8) is 0 Å². The van der Waals surface area contributed by atoms with Crippen LogP contribution in [0.5, 0.6) is 0 Å². The molecule has 0 aliphatic carbocycles. The van der Waals surface area contributed by atoms with Gasteiger partial charge in [0.1, 0.15) is 16.4 Å². The molecule has 0 aliphatic rings. The molecule has 1 N–H and O–H groups in total. The fourth-order valence-electron chi connectivity index (χ4n) is 2.13. The van der Waals surface area contributed by atoms with Crippen LogP contribution in [0.4, 0.5) is 9.52 Å². The summed E-state index contributed by atoms with van der Waals surface area (Å²) in [6.45, 7) is 2.02. The number of amides is 1. The lowest BCUT2D eigenvalue weighted by atomic mass is 10.2. The van der Waals surface area contributed by atoms with Crippen LogP contribution in [0.2, 0.25) is 0 Å². The maximum absolute atomic E-state index is 13.0. The first kappa shape index (κ1) is 16.0. The number of hydrogen-bond donors (Lipinski definition) is 1. The van der Waals surface area contributed by atoms with Gasteiger partial charge in [-0.25, -0.2) is 4.39 Å². The molecule has 1 amide bonds. The molecule has 0 saturated carbocycles. The Labute approximate surface area is 140 Å². The van der Waals surface area contributed by atoms with Crippen molar-refractivity contribution in [3.05, 3.63) is 74.9 Å². The number of rotatable bonds is 4. The normalized spacial score (nSPS) is 10.6. The molecular weight excluding hydrogens is 331 g/mol. The Kier molecular flexibility index (Phi) is 4.48. The Hall–Kier alpha value is -2.87. The van der Waals surface area contributed by atoms with Gasteiger partial charge in [-0.15, -0.1) is 10.2 Å². The predicted molar refractivity (Wildman–Crippen MR) is 88.8 cm³/mol. The maximum atomic E-state index is 13.0. The van der Waals surface area contributed by atoms with E-state index in [4.69, 9.17) is 0 Å². The van der Waals surface area contributed by atoms with Crippen LogP contribution in [0.15, 0.2) is 47.4 Å². The van der Waals surface area contributed by atoms with Crippen LogP contribution in [-0.4, -0.2) is 20.7 Å². The number of aromatic nitrogens is 3. The molecule has 0 atom stereocenters. The summed E-state index contributed by atoms with van der Waals surface area (Å²) in [6.07, 6.45) is 1.58. The van der Waals surface area contributed by atoms with E-state index >= 15 is 0 Å². The van der Waals surface area contributed by atoms with Gasteiger partial charge in [-0.05, 0) is 36.8 Å². The van der Waals surface area contributed by atoms with E-state index in [1.54, 1.807) is 31.3 Å². The first-order valence-electron chi connectivity index (χ1n) is 7.08. The highest BCUT2D eigenvalue weighted by atomic mass is 32.1. The van der Waals surface area contributed by atoms with Crippen LogP contribution < -0.4 is 10.9 Å². The number of anilines is 1. The minimum Gasteiger partial charge on any atom is -0.310 e. The van der Waals surface area contributed by atoms with Crippen molar-refractivity contribution in [1.82, 2.24) is 14.8 Å². The summed E-state index contributed by atoms with van der Waals surface area (Å²) in [5.41, 5.74) is 0.337. The highest BCUT2D eigenvalue weighted by molar-refractivity contribution is 7.15. The van der Waals surface area contributed by atoms with Gasteiger partial charge in [0, 0.05) is 6.20 Å². The van der Waals surface area contributed by atoms with E-state index in [0.29, 0.717) is 10.1 Å². The number of aryl methyl sites for hydroxylation is 1. The lowest BCUT2D eigenvalue weighted by molar-refractivity contribution is 0.102. The largest absolute Gasteiger partial charge is 0.310 e. The fraction of sp³-hybridized carbons (Fsp3) is 0.125. The van der Waals surface area contributed by atoms with Gasteiger partial charge in [-0.1, -0.05) is 23.5 Å². The van der Waals surface area contributed by atoms with E-state index in [0.717, 1.165) is 5.56 Å². The summed E-state index contributed by atoms with van der Waals surface area (Å²) in [6, 6.07) is 8.92. The van der Waals surface area contributed by atoms with Gasteiger partial charge in [0.25, 0.3) is 11.5 Å². The number of pyridine rings is 1. The van der Waals surface area contributed by atoms with Crippen LogP contribution in [0.1, 0.15) is 20.9 Å². The zero-order valence-corrected chi connectivity index (χ0v) is 13.5. The molecule has 2 heterocycles. The molecule has 2 aromatic heterocycles. The molecule has 0 fully saturated rings. The van der Waals surface area contributed by atoms with Gasteiger partial charge in [-0.2, -0.15) is 0 Å². The summed E-state index contributed by atoms with van der Waals surface area (Å²) in [4.78, 5) is 24.7. The lowest BCUT2D eigenvalue weighted by Crippen LogP contribution is -2.29. The number of benzene rings is 1. The zero-order valence-electron chi connectivity index (χ0n) is 12.7. The SMILES string of the molecule is Cc1nnc(NC(=O)c2cccn(Cc3ccc(F)cc3)c2=O)s1. The fourth-order valence-corrected chi connectivity index (χ4v) is 2.72. The molecule has 0 saturated heterocycles. The number of halogens is 1. The Balaban J connectivity index is 1.83. The Morgan fingerprint density at radius 2 is 2.00 bits per heavy atom. The molecule has 1 aromatic carbocycles. The molecule has 6 nitrogen and oxygen atoms in total. The standard InChI is InChI=1S/C16H13FN4O2S/c1-10-19-20-16(24-10)18-14(22)13-3-2-8-21(15(13)23)9-11-4-6-12(17)7-5-11/h2-8H,9H2,1H3,(H,18,20,22). The Bertz CT molecular complexity index is 934. The van der Waals surface area contributed by atoms with Crippen molar-refractivity contribution in [1.29, 1.82) is 0 Å². The second kappa shape index (κ2) is 6.71. The van der Waals surface area contributed by atoms with E-state index in [9.17, 15) is 14.0 Å². The van der Waals surface area contributed by atoms with Gasteiger partial charge in [0.2, 0.25) is 5.13 Å². The second-order valence-electron chi connectivity index (χ2n) is 5.06. The summed E-state index contributed by atoms with van der Waals surface area (Å²) in [5.74, 6) is -0.879. The third-order valence-electron chi connectivity index (χ3n) is 3.28. The average molecular weight is 344 g/mol. The van der Waals surface area contributed by atoms with Gasteiger partial charge in [0.15, 0.2) is 0 Å². The summed E-state index contributed by atoms with van der Waals surface area (Å²) in [5, 5.41) is 11.2. The second-order valence-corrected chi connectivity index (χ2v) is 6.24. The molecule has 122 valence electrons. The molecular formula is C16H13FN4O2S. The number of nitrogens with one attached hydrogen (secondary N) is 1. The molecule has 0 spiro atoms. The van der Waals surface area contributed by atoms with E-state index in [1.807, 2.05) is 0 Å². The first-order valence-corrected chi connectivity index (χ1v) is 7.90. The van der Waals surface area contributed by atoms with Crippen LogP contribution in [0.3, 0.4) is 0 Å². The number of nitrogens with zero attached hydrogens (tertiary/aromatic N) is 3. The van der Waals surface area contributed by atoms with Crippen LogP contribution in [0, 0.1) is 12.7 Å². The van der Waals surface area contributed by atoms with E-state index in [-0.39, 0.29) is 17.9 Å². The van der Waals surface area contributed by atoms with Gasteiger partial charge in [0.05, 0.1) is 6.54 Å². The maximum Gasteiger partial charge on any atom is 0.263 e.